The van der Waals surface area contributed by atoms with Crippen LogP contribution >= 0.6 is 0 Å². The van der Waals surface area contributed by atoms with Crippen LogP contribution in [0.3, 0.4) is 0 Å². The molecule has 3 heterocycles. The number of phenolic OH excluding ortho intramolecular Hbond substituents is 1. The molecule has 0 aromatic heterocycles. The molecule has 166 valence electrons. The maximum atomic E-state index is 10.4. The molecule has 1 saturated heterocycles. The number of morpholine rings is 1. The molecule has 3 aliphatic heterocycles. The number of rotatable bonds is 4. The fourth-order valence-electron chi connectivity index (χ4n) is 4.78. The number of fused-ring (bicyclic) bond motifs is 2. The molecule has 8 heteroatoms. The molecular weight excluding hydrogens is 402 g/mol. The van der Waals surface area contributed by atoms with Gasteiger partial charge in [-0.1, -0.05) is 6.92 Å². The average molecular weight is 429 g/mol. The lowest BCUT2D eigenvalue weighted by Gasteiger charge is -2.44. The fourth-order valence-corrected chi connectivity index (χ4v) is 4.78. The van der Waals surface area contributed by atoms with Gasteiger partial charge < -0.3 is 33.5 Å². The van der Waals surface area contributed by atoms with Gasteiger partial charge >= 0.3 is 0 Å². The van der Waals surface area contributed by atoms with E-state index in [1.807, 2.05) is 24.3 Å². The Morgan fingerprint density at radius 2 is 1.58 bits per heavy atom. The van der Waals surface area contributed by atoms with E-state index in [0.717, 1.165) is 30.0 Å². The van der Waals surface area contributed by atoms with Crippen LogP contribution in [0.2, 0.25) is 0 Å². The minimum Gasteiger partial charge on any atom is -0.502 e. The first kappa shape index (κ1) is 20.1. The van der Waals surface area contributed by atoms with Crippen molar-refractivity contribution < 1.29 is 33.5 Å². The molecule has 2 aromatic carbocycles. The zero-order valence-corrected chi connectivity index (χ0v) is 17.9. The molecule has 3 aliphatic rings. The van der Waals surface area contributed by atoms with Crippen molar-refractivity contribution in [2.75, 3.05) is 47.3 Å². The summed E-state index contributed by atoms with van der Waals surface area (Å²) in [4.78, 5) is 2.32. The van der Waals surface area contributed by atoms with Crippen molar-refractivity contribution in [3.8, 4) is 34.5 Å². The molecule has 2 aromatic rings. The van der Waals surface area contributed by atoms with Gasteiger partial charge in [0.15, 0.2) is 29.2 Å². The third-order valence-corrected chi connectivity index (χ3v) is 6.33. The number of nitrogens with zero attached hydrogens (tertiary/aromatic N) is 1. The molecule has 8 nitrogen and oxygen atoms in total. The van der Waals surface area contributed by atoms with E-state index in [1.54, 1.807) is 0 Å². The summed E-state index contributed by atoms with van der Waals surface area (Å²) in [6, 6.07) is 7.66. The van der Waals surface area contributed by atoms with E-state index >= 15 is 0 Å². The number of methoxy groups -OCH3 is 2. The van der Waals surface area contributed by atoms with E-state index in [1.165, 1.54) is 14.2 Å². The third kappa shape index (κ3) is 3.40. The highest BCUT2D eigenvalue weighted by atomic mass is 16.7. The fraction of sp³-hybridized carbons (Fsp3) is 0.478. The van der Waals surface area contributed by atoms with Gasteiger partial charge in [0.25, 0.3) is 0 Å². The van der Waals surface area contributed by atoms with E-state index in [9.17, 15) is 5.11 Å². The minimum absolute atomic E-state index is 0.0101. The lowest BCUT2D eigenvalue weighted by atomic mass is 9.77. The van der Waals surface area contributed by atoms with Crippen LogP contribution in [0.1, 0.15) is 24.0 Å². The van der Waals surface area contributed by atoms with Gasteiger partial charge in [-0.15, -0.1) is 0 Å². The predicted molar refractivity (Wildman–Crippen MR) is 112 cm³/mol. The predicted octanol–water partition coefficient (Wildman–Crippen LogP) is 2.96. The largest absolute Gasteiger partial charge is 0.502 e. The molecule has 0 radical (unpaired) electrons. The highest BCUT2D eigenvalue weighted by Gasteiger charge is 2.41. The molecule has 0 bridgehead atoms. The molecule has 0 aliphatic carbocycles. The topological polar surface area (TPSA) is 78.9 Å². The van der Waals surface area contributed by atoms with Crippen LogP contribution in [0, 0.1) is 5.92 Å². The zero-order chi connectivity index (χ0) is 21.5. The van der Waals surface area contributed by atoms with Crippen LogP contribution in [0.25, 0.3) is 0 Å². The zero-order valence-electron chi connectivity index (χ0n) is 17.9. The maximum Gasteiger partial charge on any atom is 0.231 e. The van der Waals surface area contributed by atoms with Crippen molar-refractivity contribution in [3.05, 3.63) is 35.4 Å². The number of hydrogen-bond acceptors (Lipinski definition) is 8. The number of aromatic hydroxyl groups is 1. The highest BCUT2D eigenvalue weighted by molar-refractivity contribution is 5.59. The summed E-state index contributed by atoms with van der Waals surface area (Å²) < 4.78 is 34.2. The van der Waals surface area contributed by atoms with E-state index < -0.39 is 0 Å². The first-order valence-electron chi connectivity index (χ1n) is 10.5. The summed E-state index contributed by atoms with van der Waals surface area (Å²) in [7, 11) is 3.07. The second-order valence-electron chi connectivity index (χ2n) is 8.01. The Morgan fingerprint density at radius 1 is 0.935 bits per heavy atom. The van der Waals surface area contributed by atoms with E-state index in [2.05, 4.69) is 11.8 Å². The van der Waals surface area contributed by atoms with Gasteiger partial charge in [-0.25, -0.2) is 0 Å². The summed E-state index contributed by atoms with van der Waals surface area (Å²) in [5.41, 5.74) is 1.98. The van der Waals surface area contributed by atoms with Crippen molar-refractivity contribution in [1.82, 2.24) is 4.90 Å². The Morgan fingerprint density at radius 3 is 2.23 bits per heavy atom. The summed E-state index contributed by atoms with van der Waals surface area (Å²) in [6.45, 7) is 5.38. The van der Waals surface area contributed by atoms with Gasteiger partial charge in [-0.3, -0.25) is 4.90 Å². The Balaban J connectivity index is 1.64. The van der Waals surface area contributed by atoms with Crippen LogP contribution in [0.15, 0.2) is 24.3 Å². The van der Waals surface area contributed by atoms with E-state index in [4.69, 9.17) is 28.4 Å². The Kier molecular flexibility index (Phi) is 5.19. The average Bonchev–Trinajstić information content (AvgIpc) is 3.25. The van der Waals surface area contributed by atoms with Crippen molar-refractivity contribution >= 4 is 0 Å². The summed E-state index contributed by atoms with van der Waals surface area (Å²) in [5, 5.41) is 10.4. The molecule has 0 amide bonds. The molecule has 0 saturated carbocycles. The van der Waals surface area contributed by atoms with Gasteiger partial charge in [0, 0.05) is 36.6 Å². The molecule has 1 fully saturated rings. The third-order valence-electron chi connectivity index (χ3n) is 6.33. The van der Waals surface area contributed by atoms with Crippen LogP contribution in [0.4, 0.5) is 0 Å². The molecule has 31 heavy (non-hydrogen) atoms. The summed E-state index contributed by atoms with van der Waals surface area (Å²) in [6.07, 6.45) is -0.132. The quantitative estimate of drug-likeness (QED) is 0.795. The second-order valence-corrected chi connectivity index (χ2v) is 8.01. The van der Waals surface area contributed by atoms with Gasteiger partial charge in [0.2, 0.25) is 12.5 Å². The Labute approximate surface area is 181 Å². The summed E-state index contributed by atoms with van der Waals surface area (Å²) in [5.74, 6) is 2.98. The molecular formula is C23H27NO7. The minimum atomic E-state index is -0.132. The highest BCUT2D eigenvalue weighted by Crippen LogP contribution is 2.51. The monoisotopic (exact) mass is 429 g/mol. The van der Waals surface area contributed by atoms with Crippen LogP contribution in [-0.2, 0) is 4.74 Å². The van der Waals surface area contributed by atoms with Crippen molar-refractivity contribution in [2.45, 2.75) is 19.1 Å². The van der Waals surface area contributed by atoms with E-state index in [-0.39, 0.29) is 30.6 Å². The van der Waals surface area contributed by atoms with Gasteiger partial charge in [-0.05, 0) is 23.8 Å². The van der Waals surface area contributed by atoms with Gasteiger partial charge in [0.05, 0.1) is 27.4 Å². The van der Waals surface area contributed by atoms with Crippen LogP contribution in [-0.4, -0.2) is 63.6 Å². The first-order valence-corrected chi connectivity index (χ1v) is 10.5. The number of benzene rings is 2. The van der Waals surface area contributed by atoms with Crippen molar-refractivity contribution in [1.29, 1.82) is 0 Å². The summed E-state index contributed by atoms with van der Waals surface area (Å²) >= 11 is 0. The van der Waals surface area contributed by atoms with Crippen LogP contribution in [0.5, 0.6) is 34.5 Å². The standard InChI is InChI=1S/C23H27NO7/c1-13-21(14-8-19(26-2)22(25)20(9-14)27-3)15-10-17-18(30-12-29-17)11-16(15)31-23(13)24-4-6-28-7-5-24/h8-11,13,21,23,25H,4-7,12H2,1-3H3/t13-,21-,23-/m0/s1. The number of phenols is 1. The molecule has 3 atom stereocenters. The number of ether oxygens (including phenoxy) is 6. The normalized spacial score (nSPS) is 24.9. The Bertz CT molecular complexity index is 948. The van der Waals surface area contributed by atoms with Gasteiger partial charge in [0.1, 0.15) is 5.75 Å². The second kappa shape index (κ2) is 8.01. The van der Waals surface area contributed by atoms with E-state index in [0.29, 0.717) is 36.2 Å². The molecule has 5 rings (SSSR count). The van der Waals surface area contributed by atoms with Crippen molar-refractivity contribution in [3.63, 3.8) is 0 Å². The Hall–Kier alpha value is -2.84. The lowest BCUT2D eigenvalue weighted by molar-refractivity contribution is -0.0784. The SMILES string of the molecule is COc1cc([C@H]2c3cc4c(cc3O[C@H](N3CCOCC3)[C@H]2C)OCO4)cc(OC)c1O. The van der Waals surface area contributed by atoms with Crippen molar-refractivity contribution in [2.24, 2.45) is 5.92 Å². The molecule has 0 spiro atoms. The van der Waals surface area contributed by atoms with Gasteiger partial charge in [-0.2, -0.15) is 0 Å². The first-order chi connectivity index (χ1) is 15.1. The molecule has 1 N–H and O–H groups in total. The number of hydrogen-bond donors (Lipinski definition) is 1. The molecule has 0 unspecified atom stereocenters. The maximum absolute atomic E-state index is 10.4. The lowest BCUT2D eigenvalue weighted by Crippen LogP contribution is -2.52. The van der Waals surface area contributed by atoms with Crippen LogP contribution < -0.4 is 23.7 Å². The smallest absolute Gasteiger partial charge is 0.231 e.